The van der Waals surface area contributed by atoms with Gasteiger partial charge in [0.05, 0.1) is 18.3 Å². The molecule has 1 heterocycles. The van der Waals surface area contributed by atoms with Crippen LogP contribution < -0.4 is 15.4 Å². The van der Waals surface area contributed by atoms with Crippen LogP contribution in [0, 0.1) is 0 Å². The van der Waals surface area contributed by atoms with Gasteiger partial charge in [-0.2, -0.15) is 5.21 Å². The van der Waals surface area contributed by atoms with Gasteiger partial charge in [0.1, 0.15) is 12.2 Å². The first kappa shape index (κ1) is 16.4. The highest BCUT2D eigenvalue weighted by molar-refractivity contribution is 6.04. The fraction of sp³-hybridized carbons (Fsp3) is 0.357. The Balaban J connectivity index is 1.88. The molecule has 1 unspecified atom stereocenters. The lowest BCUT2D eigenvalue weighted by Crippen LogP contribution is -2.31. The van der Waals surface area contributed by atoms with Crippen molar-refractivity contribution in [3.8, 4) is 5.75 Å². The molecule has 3 N–H and O–H groups in total. The van der Waals surface area contributed by atoms with E-state index in [0.717, 1.165) is 0 Å². The number of carbonyl (C=O) groups is 2. The minimum atomic E-state index is -0.440. The third-order valence-electron chi connectivity index (χ3n) is 2.91. The Morgan fingerprint density at radius 2 is 2.09 bits per heavy atom. The monoisotopic (exact) mass is 318 g/mol. The van der Waals surface area contributed by atoms with Crippen molar-refractivity contribution in [2.75, 3.05) is 11.9 Å². The van der Waals surface area contributed by atoms with Crippen LogP contribution in [0.1, 0.15) is 32.1 Å². The van der Waals surface area contributed by atoms with Crippen molar-refractivity contribution in [1.82, 2.24) is 25.9 Å². The minimum absolute atomic E-state index is 0.317. The first-order chi connectivity index (χ1) is 11.1. The molecule has 23 heavy (non-hydrogen) atoms. The van der Waals surface area contributed by atoms with E-state index in [1.165, 1.54) is 0 Å². The van der Waals surface area contributed by atoms with E-state index >= 15 is 0 Å². The molecule has 0 spiro atoms. The van der Waals surface area contributed by atoms with Crippen LogP contribution in [0.25, 0.3) is 0 Å². The van der Waals surface area contributed by atoms with E-state index in [2.05, 4.69) is 31.3 Å². The summed E-state index contributed by atoms with van der Waals surface area (Å²) in [6.07, 6.45) is -0.317. The maximum absolute atomic E-state index is 12.0. The quantitative estimate of drug-likeness (QED) is 0.649. The van der Waals surface area contributed by atoms with Gasteiger partial charge in [-0.3, -0.25) is 9.59 Å². The summed E-state index contributed by atoms with van der Waals surface area (Å²) in [5.41, 5.74) is 0.526. The SMILES string of the molecule is CCOc1ccccc1NC(=O)CC(=O)NC(C)c1nn[nH]n1. The van der Waals surface area contributed by atoms with Gasteiger partial charge in [-0.05, 0) is 26.0 Å². The third kappa shape index (κ3) is 4.77. The predicted molar refractivity (Wildman–Crippen MR) is 81.6 cm³/mol. The van der Waals surface area contributed by atoms with Gasteiger partial charge in [-0.15, -0.1) is 10.2 Å². The maximum atomic E-state index is 12.0. The van der Waals surface area contributed by atoms with E-state index in [0.29, 0.717) is 23.9 Å². The number of nitrogens with zero attached hydrogens (tertiary/aromatic N) is 3. The second-order valence-electron chi connectivity index (χ2n) is 4.71. The number of carbonyl (C=O) groups excluding carboxylic acids is 2. The Morgan fingerprint density at radius 1 is 1.30 bits per heavy atom. The van der Waals surface area contributed by atoms with E-state index < -0.39 is 17.9 Å². The second-order valence-corrected chi connectivity index (χ2v) is 4.71. The van der Waals surface area contributed by atoms with Gasteiger partial charge in [0, 0.05) is 0 Å². The predicted octanol–water partition coefficient (Wildman–Crippen LogP) is 0.804. The largest absolute Gasteiger partial charge is 0.492 e. The normalized spacial score (nSPS) is 11.6. The van der Waals surface area contributed by atoms with Crippen LogP contribution in [0.15, 0.2) is 24.3 Å². The van der Waals surface area contributed by atoms with Crippen LogP contribution in [-0.2, 0) is 9.59 Å². The highest BCUT2D eigenvalue weighted by Gasteiger charge is 2.16. The second kappa shape index (κ2) is 7.87. The molecule has 9 nitrogen and oxygen atoms in total. The van der Waals surface area contributed by atoms with Crippen LogP contribution in [0.2, 0.25) is 0 Å². The number of aromatic nitrogens is 4. The Labute approximate surface area is 132 Å². The highest BCUT2D eigenvalue weighted by atomic mass is 16.5. The van der Waals surface area contributed by atoms with Gasteiger partial charge < -0.3 is 15.4 Å². The van der Waals surface area contributed by atoms with Crippen LogP contribution in [-0.4, -0.2) is 39.0 Å². The molecule has 1 aromatic carbocycles. The van der Waals surface area contributed by atoms with Crippen LogP contribution in [0.3, 0.4) is 0 Å². The molecule has 0 aliphatic carbocycles. The molecule has 2 aromatic rings. The molecular formula is C14H18N6O3. The summed E-state index contributed by atoms with van der Waals surface area (Å²) >= 11 is 0. The van der Waals surface area contributed by atoms with E-state index in [1.807, 2.05) is 6.92 Å². The van der Waals surface area contributed by atoms with Crippen molar-refractivity contribution >= 4 is 17.5 Å². The fourth-order valence-electron chi connectivity index (χ4n) is 1.90. The molecular weight excluding hydrogens is 300 g/mol. The van der Waals surface area contributed by atoms with Crippen molar-refractivity contribution < 1.29 is 14.3 Å². The summed E-state index contributed by atoms with van der Waals surface area (Å²) < 4.78 is 5.41. The molecule has 0 aliphatic heterocycles. The first-order valence-electron chi connectivity index (χ1n) is 7.14. The highest BCUT2D eigenvalue weighted by Crippen LogP contribution is 2.23. The van der Waals surface area contributed by atoms with Crippen molar-refractivity contribution in [2.45, 2.75) is 26.3 Å². The summed E-state index contributed by atoms with van der Waals surface area (Å²) in [5, 5.41) is 18.5. The molecule has 0 aliphatic rings. The Morgan fingerprint density at radius 3 is 2.78 bits per heavy atom. The van der Waals surface area contributed by atoms with Crippen molar-refractivity contribution in [3.63, 3.8) is 0 Å². The van der Waals surface area contributed by atoms with Crippen LogP contribution in [0.5, 0.6) is 5.75 Å². The number of benzene rings is 1. The zero-order valence-corrected chi connectivity index (χ0v) is 12.9. The average molecular weight is 318 g/mol. The Bertz CT molecular complexity index is 658. The number of para-hydroxylation sites is 2. The van der Waals surface area contributed by atoms with E-state index in [-0.39, 0.29) is 6.42 Å². The number of amides is 2. The molecule has 0 radical (unpaired) electrons. The lowest BCUT2D eigenvalue weighted by Gasteiger charge is -2.12. The van der Waals surface area contributed by atoms with Gasteiger partial charge in [-0.25, -0.2) is 0 Å². The van der Waals surface area contributed by atoms with Gasteiger partial charge in [0.25, 0.3) is 0 Å². The topological polar surface area (TPSA) is 122 Å². The van der Waals surface area contributed by atoms with Gasteiger partial charge in [0.2, 0.25) is 11.8 Å². The van der Waals surface area contributed by atoms with Crippen molar-refractivity contribution in [3.05, 3.63) is 30.1 Å². The summed E-state index contributed by atoms with van der Waals surface area (Å²) in [5.74, 6) is 0.0352. The summed E-state index contributed by atoms with van der Waals surface area (Å²) in [6.45, 7) is 4.03. The van der Waals surface area contributed by atoms with Crippen LogP contribution >= 0.6 is 0 Å². The standard InChI is InChI=1S/C14H18N6O3/c1-3-23-11-7-5-4-6-10(11)16-13(22)8-12(21)15-9(2)14-17-19-20-18-14/h4-7,9H,3,8H2,1-2H3,(H,15,21)(H,16,22)(H,17,18,19,20). The number of H-pyrrole nitrogens is 1. The molecule has 1 atom stereocenters. The minimum Gasteiger partial charge on any atom is -0.492 e. The molecule has 0 fully saturated rings. The first-order valence-corrected chi connectivity index (χ1v) is 7.14. The molecule has 9 heteroatoms. The zero-order chi connectivity index (χ0) is 16.7. The molecule has 122 valence electrons. The maximum Gasteiger partial charge on any atom is 0.233 e. The molecule has 2 rings (SSSR count). The molecule has 2 amide bonds. The van der Waals surface area contributed by atoms with Crippen LogP contribution in [0.4, 0.5) is 5.69 Å². The average Bonchev–Trinajstić information content (AvgIpc) is 3.03. The summed E-state index contributed by atoms with van der Waals surface area (Å²) in [4.78, 5) is 23.8. The number of aromatic amines is 1. The zero-order valence-electron chi connectivity index (χ0n) is 12.9. The van der Waals surface area contributed by atoms with E-state index in [4.69, 9.17) is 4.74 Å². The summed E-state index contributed by atoms with van der Waals surface area (Å²) in [6, 6.07) is 6.60. The smallest absolute Gasteiger partial charge is 0.233 e. The number of anilines is 1. The molecule has 1 aromatic heterocycles. The van der Waals surface area contributed by atoms with Crippen molar-refractivity contribution in [1.29, 1.82) is 0 Å². The third-order valence-corrected chi connectivity index (χ3v) is 2.91. The molecule has 0 saturated carbocycles. The number of rotatable bonds is 7. The number of hydrogen-bond donors (Lipinski definition) is 3. The van der Waals surface area contributed by atoms with Gasteiger partial charge in [-0.1, -0.05) is 17.3 Å². The Hall–Kier alpha value is -2.97. The number of tetrazole rings is 1. The lowest BCUT2D eigenvalue weighted by atomic mass is 10.2. The Kier molecular flexibility index (Phi) is 5.61. The number of ether oxygens (including phenoxy) is 1. The summed E-state index contributed by atoms with van der Waals surface area (Å²) in [7, 11) is 0. The van der Waals surface area contributed by atoms with Gasteiger partial charge >= 0.3 is 0 Å². The molecule has 0 saturated heterocycles. The van der Waals surface area contributed by atoms with E-state index in [1.54, 1.807) is 31.2 Å². The lowest BCUT2D eigenvalue weighted by molar-refractivity contribution is -0.127. The van der Waals surface area contributed by atoms with E-state index in [9.17, 15) is 9.59 Å². The number of hydrogen-bond acceptors (Lipinski definition) is 6. The fourth-order valence-corrected chi connectivity index (χ4v) is 1.90. The molecule has 0 bridgehead atoms. The van der Waals surface area contributed by atoms with Gasteiger partial charge in [0.15, 0.2) is 5.82 Å². The van der Waals surface area contributed by atoms with Crippen molar-refractivity contribution in [2.24, 2.45) is 0 Å². The number of nitrogens with one attached hydrogen (secondary N) is 3.